The zero-order valence-electron chi connectivity index (χ0n) is 18.6. The van der Waals surface area contributed by atoms with E-state index in [0.29, 0.717) is 29.6 Å². The van der Waals surface area contributed by atoms with Crippen molar-refractivity contribution in [2.75, 3.05) is 11.9 Å². The summed E-state index contributed by atoms with van der Waals surface area (Å²) in [5.74, 6) is 0.207. The number of hydrogen-bond donors (Lipinski definition) is 1. The van der Waals surface area contributed by atoms with Crippen LogP contribution in [0.5, 0.6) is 5.75 Å². The van der Waals surface area contributed by atoms with Gasteiger partial charge in [-0.3, -0.25) is 9.59 Å². The van der Waals surface area contributed by atoms with Crippen molar-refractivity contribution in [1.29, 1.82) is 0 Å². The van der Waals surface area contributed by atoms with Crippen LogP contribution in [0.3, 0.4) is 0 Å². The highest BCUT2D eigenvalue weighted by Crippen LogP contribution is 2.22. The van der Waals surface area contributed by atoms with Gasteiger partial charge >= 0.3 is 10.1 Å². The van der Waals surface area contributed by atoms with E-state index in [4.69, 9.17) is 4.18 Å². The summed E-state index contributed by atoms with van der Waals surface area (Å²) in [4.78, 5) is 26.4. The molecule has 0 saturated heterocycles. The quantitative estimate of drug-likeness (QED) is 0.440. The Morgan fingerprint density at radius 3 is 2.24 bits per heavy atom. The summed E-state index contributed by atoms with van der Waals surface area (Å²) < 4.78 is 30.4. The van der Waals surface area contributed by atoms with E-state index in [1.807, 2.05) is 17.5 Å². The van der Waals surface area contributed by atoms with E-state index in [1.54, 1.807) is 29.2 Å². The molecular formula is C24H26N2O5S2. The number of nitrogens with zero attached hydrogens (tertiary/aromatic N) is 1. The highest BCUT2D eigenvalue weighted by Gasteiger charge is 2.19. The van der Waals surface area contributed by atoms with E-state index in [2.05, 4.69) is 19.2 Å². The van der Waals surface area contributed by atoms with Gasteiger partial charge in [0.1, 0.15) is 10.6 Å². The van der Waals surface area contributed by atoms with E-state index in [0.717, 1.165) is 5.56 Å². The van der Waals surface area contributed by atoms with Crippen molar-refractivity contribution >= 4 is 39.0 Å². The standard InChI is InChI=1S/C24H26N2O5S2/c1-17(2)15-26(24(28)23-5-4-14-32-23)16-19-6-10-21(11-7-19)31-33(29,30)22-12-8-20(9-13-22)25-18(3)27/h4-14,17H,15-16H2,1-3H3,(H,25,27). The molecule has 7 nitrogen and oxygen atoms in total. The maximum absolute atomic E-state index is 12.8. The van der Waals surface area contributed by atoms with Gasteiger partial charge in [-0.15, -0.1) is 11.3 Å². The number of amides is 2. The first-order valence-electron chi connectivity index (χ1n) is 10.4. The molecule has 0 aliphatic heterocycles. The number of anilines is 1. The Bertz CT molecular complexity index is 1190. The maximum atomic E-state index is 12.8. The van der Waals surface area contributed by atoms with Crippen molar-refractivity contribution in [3.8, 4) is 5.75 Å². The second kappa shape index (κ2) is 10.6. The molecule has 174 valence electrons. The predicted octanol–water partition coefficient (Wildman–Crippen LogP) is 4.77. The van der Waals surface area contributed by atoms with Gasteiger partial charge in [0.2, 0.25) is 5.91 Å². The Hall–Kier alpha value is -3.17. The molecule has 9 heteroatoms. The van der Waals surface area contributed by atoms with E-state index < -0.39 is 10.1 Å². The molecule has 0 unspecified atom stereocenters. The van der Waals surface area contributed by atoms with Crippen LogP contribution >= 0.6 is 11.3 Å². The topological polar surface area (TPSA) is 92.8 Å². The number of rotatable bonds is 9. The van der Waals surface area contributed by atoms with Crippen LogP contribution < -0.4 is 9.50 Å². The van der Waals surface area contributed by atoms with Crippen LogP contribution in [0.4, 0.5) is 5.69 Å². The van der Waals surface area contributed by atoms with E-state index >= 15 is 0 Å². The van der Waals surface area contributed by atoms with Crippen molar-refractivity contribution in [2.24, 2.45) is 5.92 Å². The van der Waals surface area contributed by atoms with Crippen LogP contribution in [0.25, 0.3) is 0 Å². The van der Waals surface area contributed by atoms with Crippen molar-refractivity contribution in [2.45, 2.75) is 32.2 Å². The van der Waals surface area contributed by atoms with Crippen molar-refractivity contribution in [3.63, 3.8) is 0 Å². The minimum Gasteiger partial charge on any atom is -0.379 e. The first-order valence-corrected chi connectivity index (χ1v) is 12.7. The van der Waals surface area contributed by atoms with Crippen LogP contribution in [-0.4, -0.2) is 31.7 Å². The predicted molar refractivity (Wildman–Crippen MR) is 129 cm³/mol. The second-order valence-corrected chi connectivity index (χ2v) is 10.4. The Morgan fingerprint density at radius 2 is 1.70 bits per heavy atom. The summed E-state index contributed by atoms with van der Waals surface area (Å²) in [5.41, 5.74) is 1.36. The van der Waals surface area contributed by atoms with Crippen LogP contribution in [-0.2, 0) is 21.5 Å². The lowest BCUT2D eigenvalue weighted by molar-refractivity contribution is -0.114. The largest absolute Gasteiger partial charge is 0.379 e. The molecule has 0 saturated carbocycles. The van der Waals surface area contributed by atoms with Crippen molar-refractivity contribution in [1.82, 2.24) is 4.90 Å². The monoisotopic (exact) mass is 486 g/mol. The Labute approximate surface area is 198 Å². The third kappa shape index (κ3) is 6.90. The fourth-order valence-corrected chi connectivity index (χ4v) is 4.79. The van der Waals surface area contributed by atoms with Gasteiger partial charge in [-0.05, 0) is 59.3 Å². The fraction of sp³-hybridized carbons (Fsp3) is 0.250. The molecule has 0 spiro atoms. The molecule has 0 aliphatic carbocycles. The normalized spacial score (nSPS) is 11.3. The van der Waals surface area contributed by atoms with Gasteiger partial charge in [-0.1, -0.05) is 32.0 Å². The summed E-state index contributed by atoms with van der Waals surface area (Å²) in [7, 11) is -4.03. The van der Waals surface area contributed by atoms with Gasteiger partial charge in [0, 0.05) is 25.7 Å². The number of benzene rings is 2. The van der Waals surface area contributed by atoms with Gasteiger partial charge < -0.3 is 14.4 Å². The van der Waals surface area contributed by atoms with Crippen LogP contribution in [0.15, 0.2) is 70.9 Å². The minimum absolute atomic E-state index is 0.0228. The summed E-state index contributed by atoms with van der Waals surface area (Å²) in [6.45, 7) is 6.50. The Morgan fingerprint density at radius 1 is 1.03 bits per heavy atom. The highest BCUT2D eigenvalue weighted by molar-refractivity contribution is 7.87. The van der Waals surface area contributed by atoms with Gasteiger partial charge in [0.05, 0.1) is 4.88 Å². The molecule has 1 heterocycles. The Kier molecular flexibility index (Phi) is 7.88. The van der Waals surface area contributed by atoms with Gasteiger partial charge in [-0.25, -0.2) is 0 Å². The molecule has 33 heavy (non-hydrogen) atoms. The lowest BCUT2D eigenvalue weighted by atomic mass is 10.1. The zero-order valence-corrected chi connectivity index (χ0v) is 20.3. The molecule has 1 aromatic heterocycles. The van der Waals surface area contributed by atoms with Crippen LogP contribution in [0.2, 0.25) is 0 Å². The van der Waals surface area contributed by atoms with Gasteiger partial charge in [0.25, 0.3) is 5.91 Å². The molecule has 0 bridgehead atoms. The van der Waals surface area contributed by atoms with Crippen molar-refractivity contribution in [3.05, 3.63) is 76.5 Å². The van der Waals surface area contributed by atoms with E-state index in [-0.39, 0.29) is 22.5 Å². The number of hydrogen-bond acceptors (Lipinski definition) is 6. The number of carbonyl (C=O) groups excluding carboxylic acids is 2. The van der Waals surface area contributed by atoms with Gasteiger partial charge in [-0.2, -0.15) is 8.42 Å². The molecule has 2 aromatic carbocycles. The zero-order chi connectivity index (χ0) is 24.0. The first-order chi connectivity index (χ1) is 15.6. The number of thiophene rings is 1. The molecular weight excluding hydrogens is 460 g/mol. The third-order valence-electron chi connectivity index (χ3n) is 4.57. The molecule has 0 atom stereocenters. The third-order valence-corrected chi connectivity index (χ3v) is 6.69. The SMILES string of the molecule is CC(=O)Nc1ccc(S(=O)(=O)Oc2ccc(CN(CC(C)C)C(=O)c3cccs3)cc2)cc1. The summed E-state index contributed by atoms with van der Waals surface area (Å²) in [6.07, 6.45) is 0. The lowest BCUT2D eigenvalue weighted by Crippen LogP contribution is -2.33. The molecule has 2 amide bonds. The van der Waals surface area contributed by atoms with Crippen molar-refractivity contribution < 1.29 is 22.2 Å². The lowest BCUT2D eigenvalue weighted by Gasteiger charge is -2.24. The summed E-state index contributed by atoms with van der Waals surface area (Å²) >= 11 is 1.41. The van der Waals surface area contributed by atoms with Gasteiger partial charge in [0.15, 0.2) is 0 Å². The summed E-state index contributed by atoms with van der Waals surface area (Å²) in [5, 5.41) is 4.46. The van der Waals surface area contributed by atoms with Crippen LogP contribution in [0.1, 0.15) is 36.0 Å². The summed E-state index contributed by atoms with van der Waals surface area (Å²) in [6, 6.07) is 16.0. The number of nitrogens with one attached hydrogen (secondary N) is 1. The molecule has 0 aliphatic rings. The minimum atomic E-state index is -4.03. The molecule has 0 fully saturated rings. The highest BCUT2D eigenvalue weighted by atomic mass is 32.2. The fourth-order valence-electron chi connectivity index (χ4n) is 3.17. The Balaban J connectivity index is 1.69. The van der Waals surface area contributed by atoms with E-state index in [9.17, 15) is 18.0 Å². The molecule has 3 aromatic rings. The molecule has 1 N–H and O–H groups in total. The van der Waals surface area contributed by atoms with Crippen LogP contribution in [0, 0.1) is 5.92 Å². The average molecular weight is 487 g/mol. The van der Waals surface area contributed by atoms with E-state index in [1.165, 1.54) is 42.5 Å². The first kappa shape index (κ1) is 24.5. The average Bonchev–Trinajstić information content (AvgIpc) is 3.28. The molecule has 3 rings (SSSR count). The smallest absolute Gasteiger partial charge is 0.339 e. The number of carbonyl (C=O) groups is 2. The maximum Gasteiger partial charge on any atom is 0.339 e. The second-order valence-electron chi connectivity index (χ2n) is 7.94. The molecule has 0 radical (unpaired) electrons.